The molecule has 0 aliphatic carbocycles. The number of carbonyl (C=O) groups is 1. The third kappa shape index (κ3) is 1.39. The van der Waals surface area contributed by atoms with Gasteiger partial charge in [0.15, 0.2) is 23.0 Å². The zero-order valence-corrected chi connectivity index (χ0v) is 5.89. The molecule has 0 atom stereocenters. The monoisotopic (exact) mass is 170 g/mol. The molecule has 1 aromatic carbocycles. The summed E-state index contributed by atoms with van der Waals surface area (Å²) in [5.74, 6) is -1.58. The normalized spacial score (nSPS) is 9.33. The van der Waals surface area contributed by atoms with Gasteiger partial charge in [-0.05, 0) is 0 Å². The fourth-order valence-corrected chi connectivity index (χ4v) is 0.693. The number of rotatable bonds is 2. The molecule has 0 spiro atoms. The molecule has 0 radical (unpaired) electrons. The van der Waals surface area contributed by atoms with Crippen LogP contribution in [0.4, 0.5) is 0 Å². The van der Waals surface area contributed by atoms with E-state index in [4.69, 9.17) is 15.3 Å². The van der Waals surface area contributed by atoms with Crippen molar-refractivity contribution in [2.24, 2.45) is 0 Å². The second-order valence-electron chi connectivity index (χ2n) is 2.02. The number of carbonyl (C=O) groups excluding carboxylic acids is 1. The van der Waals surface area contributed by atoms with Crippen LogP contribution in [0, 0.1) is 0 Å². The third-order valence-corrected chi connectivity index (χ3v) is 1.23. The molecule has 12 heavy (non-hydrogen) atoms. The topological polar surface area (TPSA) is 87.0 Å². The summed E-state index contributed by atoms with van der Waals surface area (Å²) in [4.78, 5) is 9.85. The highest BCUT2D eigenvalue weighted by Crippen LogP contribution is 2.36. The summed E-state index contributed by atoms with van der Waals surface area (Å²) in [6.07, 6.45) is 0. The maximum absolute atomic E-state index is 9.85. The highest BCUT2D eigenvalue weighted by atomic mass is 16.5. The summed E-state index contributed by atoms with van der Waals surface area (Å²) in [5, 5.41) is 26.7. The zero-order valence-electron chi connectivity index (χ0n) is 5.89. The zero-order chi connectivity index (χ0) is 9.14. The Balaban J connectivity index is 3.13. The molecule has 5 nitrogen and oxygen atoms in total. The first kappa shape index (κ1) is 8.19. The maximum Gasteiger partial charge on any atom is 0.298 e. The fourth-order valence-electron chi connectivity index (χ4n) is 0.693. The minimum Gasteiger partial charge on any atom is -0.504 e. The Bertz CT molecular complexity index is 307. The Morgan fingerprint density at radius 3 is 2.25 bits per heavy atom. The smallest absolute Gasteiger partial charge is 0.298 e. The molecule has 1 rings (SSSR count). The highest BCUT2D eigenvalue weighted by Gasteiger charge is 2.07. The third-order valence-electron chi connectivity index (χ3n) is 1.23. The summed E-state index contributed by atoms with van der Waals surface area (Å²) in [7, 11) is 0. The second kappa shape index (κ2) is 3.00. The average Bonchev–Trinajstić information content (AvgIpc) is 2.01. The van der Waals surface area contributed by atoms with Crippen molar-refractivity contribution in [3.05, 3.63) is 12.1 Å². The lowest BCUT2D eigenvalue weighted by atomic mass is 10.3. The minimum absolute atomic E-state index is 0.103. The van der Waals surface area contributed by atoms with E-state index in [1.165, 1.54) is 0 Å². The van der Waals surface area contributed by atoms with Crippen LogP contribution < -0.4 is 4.74 Å². The Morgan fingerprint density at radius 1 is 1.08 bits per heavy atom. The van der Waals surface area contributed by atoms with Gasteiger partial charge in [0.1, 0.15) is 0 Å². The molecule has 0 aliphatic rings. The lowest BCUT2D eigenvalue weighted by Gasteiger charge is -2.03. The second-order valence-corrected chi connectivity index (χ2v) is 2.02. The first-order valence-corrected chi connectivity index (χ1v) is 3.00. The van der Waals surface area contributed by atoms with Gasteiger partial charge in [-0.3, -0.25) is 4.79 Å². The molecule has 0 bridgehead atoms. The standard InChI is InChI=1S/C7H6O5/c8-3-12-7-2-5(10)4(9)1-6(7)11/h1-3,9-11H. The Hall–Kier alpha value is -1.91. The molecule has 0 unspecified atom stereocenters. The first-order chi connectivity index (χ1) is 5.65. The van der Waals surface area contributed by atoms with Crippen molar-refractivity contribution in [2.75, 3.05) is 0 Å². The summed E-state index contributed by atoms with van der Waals surface area (Å²) < 4.78 is 4.27. The molecule has 0 fully saturated rings. The lowest BCUT2D eigenvalue weighted by Crippen LogP contribution is -1.88. The molecule has 0 amide bonds. The Morgan fingerprint density at radius 2 is 1.67 bits per heavy atom. The first-order valence-electron chi connectivity index (χ1n) is 3.00. The molecular weight excluding hydrogens is 164 g/mol. The minimum atomic E-state index is -0.481. The molecule has 0 aromatic heterocycles. The van der Waals surface area contributed by atoms with Crippen molar-refractivity contribution in [3.8, 4) is 23.0 Å². The molecule has 64 valence electrons. The summed E-state index contributed by atoms with van der Waals surface area (Å²) in [5.41, 5.74) is 0. The van der Waals surface area contributed by atoms with Crippen LogP contribution in [0.2, 0.25) is 0 Å². The molecule has 3 N–H and O–H groups in total. The molecule has 0 saturated carbocycles. The number of hydrogen-bond acceptors (Lipinski definition) is 5. The predicted octanol–water partition coefficient (Wildman–Crippen LogP) is 0.339. The summed E-state index contributed by atoms with van der Waals surface area (Å²) in [6.45, 7) is 0.103. The van der Waals surface area contributed by atoms with Crippen LogP contribution in [-0.2, 0) is 4.79 Å². The van der Waals surface area contributed by atoms with E-state index in [1.54, 1.807) is 0 Å². The van der Waals surface area contributed by atoms with Gasteiger partial charge < -0.3 is 20.1 Å². The predicted molar refractivity (Wildman–Crippen MR) is 38.1 cm³/mol. The largest absolute Gasteiger partial charge is 0.504 e. The Kier molecular flexibility index (Phi) is 2.05. The highest BCUT2D eigenvalue weighted by molar-refractivity contribution is 5.56. The van der Waals surface area contributed by atoms with Gasteiger partial charge in [-0.2, -0.15) is 0 Å². The van der Waals surface area contributed by atoms with Crippen LogP contribution in [0.3, 0.4) is 0 Å². The van der Waals surface area contributed by atoms with E-state index in [0.29, 0.717) is 0 Å². The quantitative estimate of drug-likeness (QED) is 0.338. The van der Waals surface area contributed by atoms with Crippen LogP contribution in [0.15, 0.2) is 12.1 Å². The van der Waals surface area contributed by atoms with Crippen LogP contribution >= 0.6 is 0 Å². The van der Waals surface area contributed by atoms with Crippen molar-refractivity contribution < 1.29 is 24.9 Å². The number of aromatic hydroxyl groups is 3. The van der Waals surface area contributed by atoms with Gasteiger partial charge in [-0.1, -0.05) is 0 Å². The summed E-state index contributed by atoms with van der Waals surface area (Å²) in [6, 6.07) is 1.80. The van der Waals surface area contributed by atoms with Gasteiger partial charge in [0.05, 0.1) is 0 Å². The van der Waals surface area contributed by atoms with E-state index in [0.717, 1.165) is 12.1 Å². The van der Waals surface area contributed by atoms with Gasteiger partial charge >= 0.3 is 0 Å². The number of ether oxygens (including phenoxy) is 1. The van der Waals surface area contributed by atoms with Crippen LogP contribution in [-0.4, -0.2) is 21.8 Å². The van der Waals surface area contributed by atoms with E-state index in [9.17, 15) is 4.79 Å². The van der Waals surface area contributed by atoms with Gasteiger partial charge in [0.2, 0.25) is 0 Å². The van der Waals surface area contributed by atoms with E-state index in [-0.39, 0.29) is 12.2 Å². The van der Waals surface area contributed by atoms with Crippen LogP contribution in [0.25, 0.3) is 0 Å². The molecule has 0 heterocycles. The number of phenolic OH excluding ortho intramolecular Hbond substituents is 3. The molecule has 1 aromatic rings. The van der Waals surface area contributed by atoms with E-state index in [2.05, 4.69) is 4.74 Å². The molecular formula is C7H6O5. The SMILES string of the molecule is O=COc1cc(O)c(O)cc1O. The van der Waals surface area contributed by atoms with Crippen LogP contribution in [0.5, 0.6) is 23.0 Å². The molecule has 0 saturated heterocycles. The van der Waals surface area contributed by atoms with Crippen molar-refractivity contribution in [1.82, 2.24) is 0 Å². The van der Waals surface area contributed by atoms with Gasteiger partial charge in [-0.15, -0.1) is 0 Å². The van der Waals surface area contributed by atoms with Gasteiger partial charge in [0, 0.05) is 12.1 Å². The number of phenols is 3. The maximum atomic E-state index is 9.85. The Labute approximate surface area is 67.5 Å². The van der Waals surface area contributed by atoms with E-state index < -0.39 is 17.2 Å². The van der Waals surface area contributed by atoms with Crippen LogP contribution in [0.1, 0.15) is 0 Å². The molecule has 0 aliphatic heterocycles. The summed E-state index contributed by atoms with van der Waals surface area (Å²) >= 11 is 0. The van der Waals surface area contributed by atoms with Crippen molar-refractivity contribution in [2.45, 2.75) is 0 Å². The fraction of sp³-hybridized carbons (Fsp3) is 0. The number of benzene rings is 1. The van der Waals surface area contributed by atoms with Crippen molar-refractivity contribution in [1.29, 1.82) is 0 Å². The van der Waals surface area contributed by atoms with E-state index >= 15 is 0 Å². The van der Waals surface area contributed by atoms with Gasteiger partial charge in [-0.25, -0.2) is 0 Å². The molecule has 5 heteroatoms. The number of hydrogen-bond donors (Lipinski definition) is 3. The lowest BCUT2D eigenvalue weighted by molar-refractivity contribution is -0.120. The average molecular weight is 170 g/mol. The van der Waals surface area contributed by atoms with Crippen molar-refractivity contribution >= 4 is 6.47 Å². The van der Waals surface area contributed by atoms with E-state index in [1.807, 2.05) is 0 Å². The van der Waals surface area contributed by atoms with Crippen molar-refractivity contribution in [3.63, 3.8) is 0 Å². The van der Waals surface area contributed by atoms with Gasteiger partial charge in [0.25, 0.3) is 6.47 Å².